The van der Waals surface area contributed by atoms with Crippen LogP contribution in [0.2, 0.25) is 0 Å². The van der Waals surface area contributed by atoms with Crippen molar-refractivity contribution in [3.8, 4) is 0 Å². The van der Waals surface area contributed by atoms with Crippen LogP contribution in [0.25, 0.3) is 5.32 Å². The van der Waals surface area contributed by atoms with Gasteiger partial charge in [-0.1, -0.05) is 12.8 Å². The van der Waals surface area contributed by atoms with Crippen molar-refractivity contribution in [2.24, 2.45) is 5.41 Å². The van der Waals surface area contributed by atoms with Gasteiger partial charge in [0, 0.05) is 0 Å². The first-order chi connectivity index (χ1) is 5.70. The average molecular weight is 189 g/mol. The minimum Gasteiger partial charge on any atom is -0.596 e. The molecule has 0 bridgehead atoms. The van der Waals surface area contributed by atoms with Crippen molar-refractivity contribution in [2.45, 2.75) is 38.5 Å². The van der Waals surface area contributed by atoms with Crippen LogP contribution in [-0.4, -0.2) is 11.8 Å². The number of hydrogen-bond acceptors (Lipinski definition) is 2. The third-order valence-electron chi connectivity index (χ3n) is 2.97. The zero-order valence-electron chi connectivity index (χ0n) is 8.01. The Labute approximate surface area is 99.9 Å². The molecule has 0 N–H and O–H groups in total. The predicted molar refractivity (Wildman–Crippen MR) is 43.5 cm³/mol. The molecule has 13 heavy (non-hydrogen) atoms. The van der Waals surface area contributed by atoms with Crippen LogP contribution < -0.4 is 29.6 Å². The van der Waals surface area contributed by atoms with Crippen molar-refractivity contribution in [1.82, 2.24) is 0 Å². The van der Waals surface area contributed by atoms with Crippen molar-refractivity contribution in [3.63, 3.8) is 0 Å². The minimum absolute atomic E-state index is 0. The maximum Gasteiger partial charge on any atom is 1.00 e. The van der Waals surface area contributed by atoms with E-state index in [0.717, 1.165) is 12.8 Å². The zero-order valence-corrected chi connectivity index (χ0v) is 10.0. The van der Waals surface area contributed by atoms with E-state index in [0.29, 0.717) is 12.8 Å². The van der Waals surface area contributed by atoms with Gasteiger partial charge in [0.05, 0.1) is 11.8 Å². The Hall–Kier alpha value is 0.140. The SMILES string of the molecule is O=C1CC2(CCCC2)CC(=O)[N-]1.[Na+]. The molecule has 0 aromatic heterocycles. The molecule has 1 spiro atoms. The molecular weight excluding hydrogens is 177 g/mol. The second kappa shape index (κ2) is 4.11. The summed E-state index contributed by atoms with van der Waals surface area (Å²) in [6.45, 7) is 0. The Morgan fingerprint density at radius 1 is 1.00 bits per heavy atom. The first-order valence-electron chi connectivity index (χ1n) is 4.48. The largest absolute Gasteiger partial charge is 1.00 e. The van der Waals surface area contributed by atoms with Crippen LogP contribution in [-0.2, 0) is 9.59 Å². The van der Waals surface area contributed by atoms with Gasteiger partial charge in [0.25, 0.3) is 0 Å². The fraction of sp³-hybridized carbons (Fsp3) is 0.778. The van der Waals surface area contributed by atoms with E-state index in [9.17, 15) is 9.59 Å². The van der Waals surface area contributed by atoms with Crippen molar-refractivity contribution in [3.05, 3.63) is 5.32 Å². The van der Waals surface area contributed by atoms with Crippen LogP contribution in [0.15, 0.2) is 0 Å². The third-order valence-corrected chi connectivity index (χ3v) is 2.97. The van der Waals surface area contributed by atoms with Crippen molar-refractivity contribution in [1.29, 1.82) is 0 Å². The number of carbonyl (C=O) groups excluding carboxylic acids is 2. The second-order valence-corrected chi connectivity index (χ2v) is 3.96. The van der Waals surface area contributed by atoms with Gasteiger partial charge in [-0.15, -0.1) is 0 Å². The smallest absolute Gasteiger partial charge is 0.596 e. The van der Waals surface area contributed by atoms with E-state index < -0.39 is 0 Å². The van der Waals surface area contributed by atoms with E-state index in [-0.39, 0.29) is 46.8 Å². The molecule has 4 heteroatoms. The first-order valence-corrected chi connectivity index (χ1v) is 4.48. The molecular formula is C9H12NNaO2. The van der Waals surface area contributed by atoms with Crippen molar-refractivity contribution < 1.29 is 39.1 Å². The van der Waals surface area contributed by atoms with Crippen LogP contribution in [0.1, 0.15) is 38.5 Å². The van der Waals surface area contributed by atoms with E-state index in [1.54, 1.807) is 0 Å². The Kier molecular flexibility index (Phi) is 3.55. The second-order valence-electron chi connectivity index (χ2n) is 3.96. The van der Waals surface area contributed by atoms with Crippen LogP contribution in [0, 0.1) is 5.41 Å². The molecule has 66 valence electrons. The molecule has 2 aliphatic rings. The van der Waals surface area contributed by atoms with Gasteiger partial charge in [-0.25, -0.2) is 0 Å². The molecule has 0 atom stereocenters. The maximum absolute atomic E-state index is 11.0. The first kappa shape index (κ1) is 11.2. The Morgan fingerprint density at radius 3 is 1.92 bits per heavy atom. The summed E-state index contributed by atoms with van der Waals surface area (Å²) in [6.07, 6.45) is 5.44. The van der Waals surface area contributed by atoms with Gasteiger partial charge in [-0.05, 0) is 31.1 Å². The fourth-order valence-corrected chi connectivity index (χ4v) is 2.40. The number of nitrogens with zero attached hydrogens (tertiary/aromatic N) is 1. The van der Waals surface area contributed by atoms with Crippen LogP contribution >= 0.6 is 0 Å². The Balaban J connectivity index is 0.000000845. The van der Waals surface area contributed by atoms with Gasteiger partial charge in [0.15, 0.2) is 0 Å². The average Bonchev–Trinajstić information content (AvgIpc) is 2.33. The number of piperidine rings is 1. The topological polar surface area (TPSA) is 48.2 Å². The standard InChI is InChI=1S/C9H13NO2.Na/c11-7-5-9(3-1-2-4-9)6-8(12)10-7;/h1-6H2,(H,10,11,12);/q;+1/p-1. The summed E-state index contributed by atoms with van der Waals surface area (Å²) in [5.41, 5.74) is 0.0237. The fourth-order valence-electron chi connectivity index (χ4n) is 2.40. The van der Waals surface area contributed by atoms with Crippen LogP contribution in [0.4, 0.5) is 0 Å². The van der Waals surface area contributed by atoms with Gasteiger partial charge in [-0.3, -0.25) is 0 Å². The summed E-state index contributed by atoms with van der Waals surface area (Å²) in [5.74, 6) is -0.402. The summed E-state index contributed by atoms with van der Waals surface area (Å²) < 4.78 is 0. The van der Waals surface area contributed by atoms with Crippen molar-refractivity contribution in [2.75, 3.05) is 0 Å². The molecule has 2 rings (SSSR count). The summed E-state index contributed by atoms with van der Waals surface area (Å²) in [5, 5.41) is 3.42. The normalized spacial score (nSPS) is 25.5. The summed E-state index contributed by atoms with van der Waals surface area (Å²) in [4.78, 5) is 22.1. The maximum atomic E-state index is 11.0. The minimum atomic E-state index is -0.201. The monoisotopic (exact) mass is 189 g/mol. The van der Waals surface area contributed by atoms with Gasteiger partial charge in [0.2, 0.25) is 0 Å². The van der Waals surface area contributed by atoms with Crippen LogP contribution in [0.5, 0.6) is 0 Å². The van der Waals surface area contributed by atoms with E-state index in [4.69, 9.17) is 0 Å². The van der Waals surface area contributed by atoms with Crippen molar-refractivity contribution >= 4 is 11.8 Å². The number of hydrogen-bond donors (Lipinski definition) is 0. The van der Waals surface area contributed by atoms with E-state index in [1.165, 1.54) is 12.8 Å². The zero-order chi connectivity index (χ0) is 8.60. The number of imide groups is 1. The van der Waals surface area contributed by atoms with E-state index >= 15 is 0 Å². The quantitative estimate of drug-likeness (QED) is 0.354. The third kappa shape index (κ3) is 2.33. The van der Waals surface area contributed by atoms with E-state index in [1.807, 2.05) is 0 Å². The number of amides is 2. The molecule has 3 nitrogen and oxygen atoms in total. The molecule has 1 saturated heterocycles. The molecule has 1 heterocycles. The number of carbonyl (C=O) groups is 2. The predicted octanol–water partition coefficient (Wildman–Crippen LogP) is -1.23. The summed E-state index contributed by atoms with van der Waals surface area (Å²) >= 11 is 0. The summed E-state index contributed by atoms with van der Waals surface area (Å²) in [7, 11) is 0. The molecule has 1 saturated carbocycles. The van der Waals surface area contributed by atoms with Gasteiger partial charge in [-0.2, -0.15) is 0 Å². The molecule has 0 aromatic rings. The molecule has 2 fully saturated rings. The van der Waals surface area contributed by atoms with Crippen LogP contribution in [0.3, 0.4) is 0 Å². The summed E-state index contributed by atoms with van der Waals surface area (Å²) in [6, 6.07) is 0. The van der Waals surface area contributed by atoms with Gasteiger partial charge in [0.1, 0.15) is 0 Å². The van der Waals surface area contributed by atoms with Gasteiger partial charge < -0.3 is 14.9 Å². The molecule has 0 radical (unpaired) electrons. The molecule has 2 amide bonds. The Morgan fingerprint density at radius 2 is 1.46 bits per heavy atom. The Bertz CT molecular complexity index is 216. The molecule has 1 aliphatic carbocycles. The van der Waals surface area contributed by atoms with E-state index in [2.05, 4.69) is 5.32 Å². The molecule has 0 aromatic carbocycles. The number of rotatable bonds is 0. The molecule has 0 unspecified atom stereocenters. The van der Waals surface area contributed by atoms with Gasteiger partial charge >= 0.3 is 29.6 Å². The molecule has 1 aliphatic heterocycles.